The molecule has 0 amide bonds. The number of nitriles is 1. The van der Waals surface area contributed by atoms with Crippen molar-refractivity contribution in [1.82, 2.24) is 5.32 Å². The van der Waals surface area contributed by atoms with E-state index in [-0.39, 0.29) is 6.04 Å². The Labute approximate surface area is 114 Å². The van der Waals surface area contributed by atoms with Crippen LogP contribution in [0.3, 0.4) is 0 Å². The van der Waals surface area contributed by atoms with Crippen LogP contribution < -0.4 is 5.32 Å². The van der Waals surface area contributed by atoms with Crippen LogP contribution in [0.5, 0.6) is 0 Å². The predicted molar refractivity (Wildman–Crippen MR) is 77.6 cm³/mol. The fourth-order valence-electron chi connectivity index (χ4n) is 2.15. The van der Waals surface area contributed by atoms with Gasteiger partial charge in [0.15, 0.2) is 0 Å². The third-order valence-corrected chi connectivity index (χ3v) is 3.11. The first-order chi connectivity index (χ1) is 9.40. The van der Waals surface area contributed by atoms with Crippen molar-refractivity contribution in [2.24, 2.45) is 0 Å². The first kappa shape index (κ1) is 13.3. The van der Waals surface area contributed by atoms with E-state index in [0.29, 0.717) is 6.42 Å². The quantitative estimate of drug-likeness (QED) is 0.797. The number of hydrogen-bond acceptors (Lipinski definition) is 2. The van der Waals surface area contributed by atoms with Crippen LogP contribution in [0.25, 0.3) is 0 Å². The minimum absolute atomic E-state index is 0.261. The van der Waals surface area contributed by atoms with E-state index in [1.54, 1.807) is 0 Å². The lowest BCUT2D eigenvalue weighted by Gasteiger charge is -2.18. The summed E-state index contributed by atoms with van der Waals surface area (Å²) in [6.45, 7) is 0.725. The second kappa shape index (κ2) is 7.35. The molecule has 2 rings (SSSR count). The molecule has 96 valence electrons. The molecule has 2 aromatic rings. The lowest BCUT2D eigenvalue weighted by molar-refractivity contribution is 0.538. The molecule has 0 fully saturated rings. The molecule has 1 unspecified atom stereocenters. The highest BCUT2D eigenvalue weighted by molar-refractivity contribution is 5.23. The Morgan fingerprint density at radius 1 is 0.947 bits per heavy atom. The normalized spacial score (nSPS) is 11.7. The minimum atomic E-state index is 0.261. The second-order valence-electron chi connectivity index (χ2n) is 4.52. The fraction of sp³-hybridized carbons (Fsp3) is 0.235. The van der Waals surface area contributed by atoms with Crippen molar-refractivity contribution < 1.29 is 0 Å². The van der Waals surface area contributed by atoms with E-state index in [1.165, 1.54) is 11.1 Å². The molecule has 0 heterocycles. The second-order valence-corrected chi connectivity index (χ2v) is 4.52. The largest absolute Gasteiger partial charge is 0.309 e. The number of benzene rings is 2. The van der Waals surface area contributed by atoms with Crippen LogP contribution in [-0.2, 0) is 6.42 Å². The first-order valence-corrected chi connectivity index (χ1v) is 6.59. The van der Waals surface area contributed by atoms with E-state index in [9.17, 15) is 0 Å². The van der Waals surface area contributed by atoms with Gasteiger partial charge in [-0.05, 0) is 17.5 Å². The van der Waals surface area contributed by atoms with Gasteiger partial charge in [-0.1, -0.05) is 60.7 Å². The van der Waals surface area contributed by atoms with Crippen LogP contribution in [0, 0.1) is 11.3 Å². The van der Waals surface area contributed by atoms with Gasteiger partial charge in [0.25, 0.3) is 0 Å². The van der Waals surface area contributed by atoms with Gasteiger partial charge in [-0.15, -0.1) is 0 Å². The summed E-state index contributed by atoms with van der Waals surface area (Å²) >= 11 is 0. The Bertz CT molecular complexity index is 514. The van der Waals surface area contributed by atoms with Gasteiger partial charge in [0.2, 0.25) is 0 Å². The predicted octanol–water partition coefficient (Wildman–Crippen LogP) is 3.47. The third-order valence-electron chi connectivity index (χ3n) is 3.11. The van der Waals surface area contributed by atoms with Gasteiger partial charge < -0.3 is 5.32 Å². The van der Waals surface area contributed by atoms with Crippen molar-refractivity contribution in [3.8, 4) is 6.07 Å². The Balaban J connectivity index is 2.08. The summed E-state index contributed by atoms with van der Waals surface area (Å²) in [6.07, 6.45) is 1.48. The summed E-state index contributed by atoms with van der Waals surface area (Å²) in [5.41, 5.74) is 2.57. The summed E-state index contributed by atoms with van der Waals surface area (Å²) in [4.78, 5) is 0. The van der Waals surface area contributed by atoms with Crippen molar-refractivity contribution in [1.29, 1.82) is 5.26 Å². The fourth-order valence-corrected chi connectivity index (χ4v) is 2.15. The zero-order valence-corrected chi connectivity index (χ0v) is 10.9. The average Bonchev–Trinajstić information content (AvgIpc) is 2.48. The molecule has 0 aliphatic rings. The van der Waals surface area contributed by atoms with Crippen LogP contribution in [0.15, 0.2) is 60.7 Å². The highest BCUT2D eigenvalue weighted by atomic mass is 14.9. The lowest BCUT2D eigenvalue weighted by atomic mass is 9.99. The topological polar surface area (TPSA) is 35.8 Å². The van der Waals surface area contributed by atoms with Crippen molar-refractivity contribution in [3.05, 3.63) is 71.8 Å². The van der Waals surface area contributed by atoms with E-state index in [0.717, 1.165) is 13.0 Å². The number of rotatable bonds is 6. The molecule has 1 atom stereocenters. The minimum Gasteiger partial charge on any atom is -0.309 e. The Morgan fingerprint density at radius 2 is 1.58 bits per heavy atom. The van der Waals surface area contributed by atoms with Crippen LogP contribution in [-0.4, -0.2) is 6.54 Å². The zero-order chi connectivity index (χ0) is 13.3. The molecular weight excluding hydrogens is 232 g/mol. The molecule has 0 aliphatic heterocycles. The number of nitrogens with zero attached hydrogens (tertiary/aromatic N) is 1. The Kier molecular flexibility index (Phi) is 5.16. The summed E-state index contributed by atoms with van der Waals surface area (Å²) in [5, 5.41) is 12.1. The summed E-state index contributed by atoms with van der Waals surface area (Å²) in [6, 6.07) is 23.3. The third kappa shape index (κ3) is 4.24. The molecule has 2 aromatic carbocycles. The first-order valence-electron chi connectivity index (χ1n) is 6.59. The van der Waals surface area contributed by atoms with Crippen molar-refractivity contribution in [3.63, 3.8) is 0 Å². The Morgan fingerprint density at radius 3 is 2.21 bits per heavy atom. The van der Waals surface area contributed by atoms with E-state index >= 15 is 0 Å². The van der Waals surface area contributed by atoms with E-state index in [1.807, 2.05) is 12.1 Å². The van der Waals surface area contributed by atoms with Crippen molar-refractivity contribution in [2.75, 3.05) is 6.54 Å². The smallest absolute Gasteiger partial charge is 0.0635 e. The van der Waals surface area contributed by atoms with Gasteiger partial charge in [-0.25, -0.2) is 0 Å². The maximum atomic E-state index is 8.65. The molecule has 0 aliphatic carbocycles. The van der Waals surface area contributed by atoms with E-state index in [4.69, 9.17) is 5.26 Å². The summed E-state index contributed by atoms with van der Waals surface area (Å²) in [7, 11) is 0. The summed E-state index contributed by atoms with van der Waals surface area (Å²) < 4.78 is 0. The van der Waals surface area contributed by atoms with Gasteiger partial charge in [-0.3, -0.25) is 0 Å². The lowest BCUT2D eigenvalue weighted by Crippen LogP contribution is -2.24. The number of nitrogens with one attached hydrogen (secondary N) is 1. The van der Waals surface area contributed by atoms with E-state index in [2.05, 4.69) is 59.9 Å². The van der Waals surface area contributed by atoms with Gasteiger partial charge in [0.1, 0.15) is 0 Å². The monoisotopic (exact) mass is 250 g/mol. The molecule has 2 heteroatoms. The number of hydrogen-bond donors (Lipinski definition) is 1. The molecule has 0 radical (unpaired) electrons. The Hall–Kier alpha value is -2.11. The van der Waals surface area contributed by atoms with Crippen molar-refractivity contribution >= 4 is 0 Å². The van der Waals surface area contributed by atoms with Crippen LogP contribution in [0.2, 0.25) is 0 Å². The summed E-state index contributed by atoms with van der Waals surface area (Å²) in [5.74, 6) is 0. The standard InChI is InChI=1S/C17H18N2/c18-12-7-13-19-17(16-10-5-2-6-11-16)14-15-8-3-1-4-9-15/h1-6,8-11,17,19H,7,13-14H2. The SMILES string of the molecule is N#CCCNC(Cc1ccccc1)c1ccccc1. The van der Waals surface area contributed by atoms with Gasteiger partial charge in [0.05, 0.1) is 6.07 Å². The van der Waals surface area contributed by atoms with Gasteiger partial charge in [-0.2, -0.15) is 5.26 Å². The average molecular weight is 250 g/mol. The molecule has 19 heavy (non-hydrogen) atoms. The molecule has 0 saturated heterocycles. The maximum Gasteiger partial charge on any atom is 0.0635 e. The van der Waals surface area contributed by atoms with Crippen molar-refractivity contribution in [2.45, 2.75) is 18.9 Å². The molecule has 0 spiro atoms. The highest BCUT2D eigenvalue weighted by Crippen LogP contribution is 2.18. The van der Waals surface area contributed by atoms with Crippen LogP contribution in [0.1, 0.15) is 23.6 Å². The van der Waals surface area contributed by atoms with Crippen LogP contribution >= 0.6 is 0 Å². The maximum absolute atomic E-state index is 8.65. The molecule has 2 nitrogen and oxygen atoms in total. The van der Waals surface area contributed by atoms with Gasteiger partial charge >= 0.3 is 0 Å². The van der Waals surface area contributed by atoms with Crippen LogP contribution in [0.4, 0.5) is 0 Å². The van der Waals surface area contributed by atoms with Gasteiger partial charge in [0, 0.05) is 19.0 Å². The highest BCUT2D eigenvalue weighted by Gasteiger charge is 2.10. The molecule has 0 bridgehead atoms. The zero-order valence-electron chi connectivity index (χ0n) is 10.9. The van der Waals surface area contributed by atoms with E-state index < -0.39 is 0 Å². The molecule has 0 saturated carbocycles. The molecular formula is C17H18N2. The molecule has 1 N–H and O–H groups in total. The molecule has 0 aromatic heterocycles.